The zero-order chi connectivity index (χ0) is 26.2. The Bertz CT molecular complexity index is 555. The summed E-state index contributed by atoms with van der Waals surface area (Å²) in [5.74, 6) is 2.34. The van der Waals surface area contributed by atoms with Crippen LogP contribution < -0.4 is 0 Å². The Morgan fingerprint density at radius 3 is 1.63 bits per heavy atom. The summed E-state index contributed by atoms with van der Waals surface area (Å²) in [6, 6.07) is -0.630. The Labute approximate surface area is 217 Å². The van der Waals surface area contributed by atoms with Crippen LogP contribution in [-0.4, -0.2) is 43.3 Å². The molecular formula is C30H55NO4. The number of rotatable bonds is 23. The number of amides is 1. The highest BCUT2D eigenvalue weighted by Gasteiger charge is 2.29. The zero-order valence-electron chi connectivity index (χ0n) is 23.5. The Hall–Kier alpha value is -1.70. The predicted octanol–water partition coefficient (Wildman–Crippen LogP) is 8.30. The van der Waals surface area contributed by atoms with Crippen molar-refractivity contribution in [3.63, 3.8) is 0 Å². The van der Waals surface area contributed by atoms with Crippen LogP contribution in [0.3, 0.4) is 0 Å². The van der Waals surface area contributed by atoms with Crippen molar-refractivity contribution < 1.29 is 19.1 Å². The first-order valence-electron chi connectivity index (χ1n) is 14.4. The minimum Gasteiger partial charge on any atom is -0.464 e. The number of hydrogen-bond donors (Lipinski definition) is 0. The maximum atomic E-state index is 12.6. The van der Waals surface area contributed by atoms with Gasteiger partial charge in [0.1, 0.15) is 12.6 Å². The predicted molar refractivity (Wildman–Crippen MR) is 146 cm³/mol. The minimum absolute atomic E-state index is 0.155. The van der Waals surface area contributed by atoms with Crippen LogP contribution >= 0.6 is 0 Å². The highest BCUT2D eigenvalue weighted by Crippen LogP contribution is 2.15. The van der Waals surface area contributed by atoms with Crippen molar-refractivity contribution in [2.45, 2.75) is 142 Å². The molecule has 0 rings (SSSR count). The number of nitrogens with zero attached hydrogens (tertiary/aromatic N) is 1. The fraction of sp³-hybridized carbons (Fsp3) is 0.867. The lowest BCUT2D eigenvalue weighted by atomic mass is 10.0. The number of ether oxygens (including phenoxy) is 2. The molecule has 35 heavy (non-hydrogen) atoms. The molecule has 1 atom stereocenters. The molecule has 0 N–H and O–H groups in total. The first-order chi connectivity index (χ1) is 16.9. The highest BCUT2D eigenvalue weighted by molar-refractivity contribution is 5.81. The van der Waals surface area contributed by atoms with E-state index >= 15 is 0 Å². The Morgan fingerprint density at radius 1 is 0.743 bits per heavy atom. The fourth-order valence-electron chi connectivity index (χ4n) is 4.20. The number of likely N-dealkylation sites (N-methyl/N-ethyl adjacent to an activating group) is 1. The summed E-state index contributed by atoms with van der Waals surface area (Å²) in [4.78, 5) is 26.2. The third-order valence-corrected chi connectivity index (χ3v) is 6.44. The number of unbranched alkanes of at least 4 members (excludes halogenated alkanes) is 15. The summed E-state index contributed by atoms with van der Waals surface area (Å²) in [5, 5.41) is 0. The number of terminal acetylenes is 1. The van der Waals surface area contributed by atoms with Crippen LogP contribution in [0.25, 0.3) is 0 Å². The van der Waals surface area contributed by atoms with Crippen molar-refractivity contribution in [2.24, 2.45) is 5.92 Å². The Kier molecular flexibility index (Phi) is 22.8. The highest BCUT2D eigenvalue weighted by atomic mass is 16.6. The summed E-state index contributed by atoms with van der Waals surface area (Å²) >= 11 is 0. The van der Waals surface area contributed by atoms with E-state index in [0.717, 1.165) is 12.8 Å². The molecule has 0 heterocycles. The van der Waals surface area contributed by atoms with Crippen LogP contribution in [0.2, 0.25) is 0 Å². The maximum Gasteiger partial charge on any atom is 0.410 e. The van der Waals surface area contributed by atoms with Crippen LogP contribution in [0.4, 0.5) is 4.79 Å². The lowest BCUT2D eigenvalue weighted by molar-refractivity contribution is -0.149. The monoisotopic (exact) mass is 493 g/mol. The van der Waals surface area contributed by atoms with Gasteiger partial charge in [0.05, 0.1) is 6.61 Å². The first kappa shape index (κ1) is 33.3. The van der Waals surface area contributed by atoms with Gasteiger partial charge < -0.3 is 9.47 Å². The summed E-state index contributed by atoms with van der Waals surface area (Å²) < 4.78 is 10.6. The largest absolute Gasteiger partial charge is 0.464 e. The van der Waals surface area contributed by atoms with Crippen LogP contribution in [0.15, 0.2) is 0 Å². The van der Waals surface area contributed by atoms with Gasteiger partial charge in [0.2, 0.25) is 0 Å². The molecule has 0 aromatic rings. The molecule has 0 aliphatic carbocycles. The minimum atomic E-state index is -0.630. The zero-order valence-corrected chi connectivity index (χ0v) is 23.5. The molecule has 5 heteroatoms. The number of hydrogen-bond acceptors (Lipinski definition) is 4. The lowest BCUT2D eigenvalue weighted by Gasteiger charge is -2.27. The van der Waals surface area contributed by atoms with Gasteiger partial charge in [0.15, 0.2) is 0 Å². The smallest absolute Gasteiger partial charge is 0.410 e. The molecule has 0 fully saturated rings. The van der Waals surface area contributed by atoms with Gasteiger partial charge in [0.25, 0.3) is 0 Å². The fourth-order valence-corrected chi connectivity index (χ4v) is 4.20. The van der Waals surface area contributed by atoms with Gasteiger partial charge in [-0.25, -0.2) is 9.59 Å². The molecule has 0 saturated carbocycles. The van der Waals surface area contributed by atoms with Gasteiger partial charge >= 0.3 is 12.1 Å². The molecule has 204 valence electrons. The molecule has 0 aliphatic heterocycles. The van der Waals surface area contributed by atoms with E-state index in [-0.39, 0.29) is 18.5 Å². The molecule has 1 amide bonds. The van der Waals surface area contributed by atoms with Crippen molar-refractivity contribution in [2.75, 3.05) is 20.3 Å². The molecular weight excluding hydrogens is 438 g/mol. The summed E-state index contributed by atoms with van der Waals surface area (Å²) in [6.45, 7) is 6.88. The second-order valence-corrected chi connectivity index (χ2v) is 10.3. The van der Waals surface area contributed by atoms with E-state index in [2.05, 4.69) is 12.8 Å². The molecule has 0 spiro atoms. The van der Waals surface area contributed by atoms with Gasteiger partial charge in [-0.05, 0) is 18.8 Å². The van der Waals surface area contributed by atoms with Gasteiger partial charge in [-0.3, -0.25) is 4.90 Å². The van der Waals surface area contributed by atoms with Crippen molar-refractivity contribution in [1.82, 2.24) is 4.90 Å². The maximum absolute atomic E-state index is 12.6. The normalized spacial score (nSPS) is 11.8. The third-order valence-electron chi connectivity index (χ3n) is 6.44. The van der Waals surface area contributed by atoms with Gasteiger partial charge in [-0.2, -0.15) is 0 Å². The summed E-state index contributed by atoms with van der Waals surface area (Å²) in [7, 11) is 1.58. The van der Waals surface area contributed by atoms with E-state index in [4.69, 9.17) is 15.9 Å². The first-order valence-corrected chi connectivity index (χ1v) is 14.4. The van der Waals surface area contributed by atoms with Gasteiger partial charge in [0, 0.05) is 13.5 Å². The van der Waals surface area contributed by atoms with Crippen LogP contribution in [0, 0.1) is 18.3 Å². The van der Waals surface area contributed by atoms with Gasteiger partial charge in [-0.1, -0.05) is 117 Å². The average Bonchev–Trinajstić information content (AvgIpc) is 2.83. The molecule has 0 bridgehead atoms. The topological polar surface area (TPSA) is 55.8 Å². The molecule has 0 radical (unpaired) electrons. The van der Waals surface area contributed by atoms with Gasteiger partial charge in [-0.15, -0.1) is 12.3 Å². The third kappa shape index (κ3) is 20.2. The van der Waals surface area contributed by atoms with Crippen molar-refractivity contribution in [3.8, 4) is 12.3 Å². The molecule has 0 aromatic carbocycles. The van der Waals surface area contributed by atoms with Crippen molar-refractivity contribution >= 4 is 12.1 Å². The molecule has 0 unspecified atom stereocenters. The van der Waals surface area contributed by atoms with E-state index < -0.39 is 12.1 Å². The summed E-state index contributed by atoms with van der Waals surface area (Å²) in [5.41, 5.74) is 0. The van der Waals surface area contributed by atoms with Crippen LogP contribution in [0.1, 0.15) is 136 Å². The number of esters is 1. The van der Waals surface area contributed by atoms with E-state index in [1.807, 2.05) is 13.8 Å². The van der Waals surface area contributed by atoms with E-state index in [0.29, 0.717) is 19.4 Å². The average molecular weight is 494 g/mol. The standard InChI is InChI=1S/C30H55NO4/c1-6-8-10-11-12-13-14-15-16-17-18-19-20-21-22-23-25-34-29(32)28(26-27(3)4)31(5)30(33)35-24-9-7-2/h2,27-28H,6,8-26H2,1,3-5H3/t28-/m0/s1. The van der Waals surface area contributed by atoms with E-state index in [1.165, 1.54) is 94.8 Å². The number of carbonyl (C=O) groups excluding carboxylic acids is 2. The van der Waals surface area contributed by atoms with Crippen LogP contribution in [0.5, 0.6) is 0 Å². The second kappa shape index (κ2) is 24.0. The molecule has 5 nitrogen and oxygen atoms in total. The van der Waals surface area contributed by atoms with Crippen molar-refractivity contribution in [1.29, 1.82) is 0 Å². The van der Waals surface area contributed by atoms with E-state index in [1.54, 1.807) is 7.05 Å². The SMILES string of the molecule is C#CCCOC(=O)N(C)[C@@H](CC(C)C)C(=O)OCCCCCCCCCCCCCCCCCC. The lowest BCUT2D eigenvalue weighted by Crippen LogP contribution is -2.44. The second-order valence-electron chi connectivity index (χ2n) is 10.3. The van der Waals surface area contributed by atoms with Crippen LogP contribution in [-0.2, 0) is 14.3 Å². The molecule has 0 saturated heterocycles. The summed E-state index contributed by atoms with van der Waals surface area (Å²) in [6.07, 6.45) is 26.5. The molecule has 0 aliphatic rings. The molecule has 0 aromatic heterocycles. The van der Waals surface area contributed by atoms with E-state index in [9.17, 15) is 9.59 Å². The Balaban J connectivity index is 3.79. The number of carbonyl (C=O) groups is 2. The quantitative estimate of drug-likeness (QED) is 0.0816. The Morgan fingerprint density at radius 2 is 1.20 bits per heavy atom. The van der Waals surface area contributed by atoms with Crippen molar-refractivity contribution in [3.05, 3.63) is 0 Å².